The molecule has 0 saturated carbocycles. The second kappa shape index (κ2) is 8.33. The van der Waals surface area contributed by atoms with E-state index >= 15 is 0 Å². The first-order chi connectivity index (χ1) is 14.4. The molecule has 2 aromatic carbocycles. The number of benzene rings is 2. The highest BCUT2D eigenvalue weighted by atomic mass is 35.5. The number of halogens is 2. The van der Waals surface area contributed by atoms with Gasteiger partial charge < -0.3 is 0 Å². The van der Waals surface area contributed by atoms with Crippen LogP contribution in [-0.2, 0) is 6.42 Å². The highest BCUT2D eigenvalue weighted by molar-refractivity contribution is 7.15. The largest absolute Gasteiger partial charge is 0.296 e. The number of carbonyl (C=O) groups excluding carboxylic acids is 1. The fourth-order valence-electron chi connectivity index (χ4n) is 2.98. The minimum absolute atomic E-state index is 0.211. The average molecular weight is 442 g/mol. The molecule has 1 amide bonds. The molecule has 0 bridgehead atoms. The number of rotatable bonds is 5. The maximum Gasteiger partial charge on any atom is 0.279 e. The van der Waals surface area contributed by atoms with Crippen LogP contribution in [0.4, 0.5) is 9.52 Å². The fourth-order valence-corrected chi connectivity index (χ4v) is 4.16. The maximum absolute atomic E-state index is 13.1. The van der Waals surface area contributed by atoms with E-state index in [2.05, 4.69) is 20.6 Å². The molecule has 0 atom stereocenters. The zero-order valence-corrected chi connectivity index (χ0v) is 17.8. The molecule has 0 aliphatic carbocycles. The van der Waals surface area contributed by atoms with Crippen LogP contribution in [-0.4, -0.2) is 25.9 Å². The van der Waals surface area contributed by atoms with Gasteiger partial charge in [-0.05, 0) is 49.7 Å². The molecule has 0 fully saturated rings. The number of nitrogens with zero attached hydrogens (tertiary/aromatic N) is 4. The molecular formula is C21H17ClFN5OS. The lowest BCUT2D eigenvalue weighted by Gasteiger charge is -2.04. The van der Waals surface area contributed by atoms with Gasteiger partial charge in [-0.1, -0.05) is 35.0 Å². The van der Waals surface area contributed by atoms with Gasteiger partial charge in [-0.3, -0.25) is 10.1 Å². The van der Waals surface area contributed by atoms with Crippen molar-refractivity contribution in [1.82, 2.24) is 20.0 Å². The number of nitrogens with one attached hydrogen (secondary N) is 1. The van der Waals surface area contributed by atoms with Crippen LogP contribution in [0.3, 0.4) is 0 Å². The standard InChI is InChI=1S/C21H17ClFN5OS/c1-12-18(10-14-6-8-16(23)9-7-14)30-21(24-12)25-20(29)19-13(2)28(27-26-19)17-5-3-4-15(22)11-17/h3-9,11H,10H2,1-2H3,(H,24,25,29). The summed E-state index contributed by atoms with van der Waals surface area (Å²) in [7, 11) is 0. The topological polar surface area (TPSA) is 72.7 Å². The van der Waals surface area contributed by atoms with Gasteiger partial charge in [0.15, 0.2) is 10.8 Å². The van der Waals surface area contributed by atoms with Crippen molar-refractivity contribution in [2.75, 3.05) is 5.32 Å². The summed E-state index contributed by atoms with van der Waals surface area (Å²) in [5, 5.41) is 11.9. The minimum atomic E-state index is -0.386. The van der Waals surface area contributed by atoms with Crippen LogP contribution in [0.15, 0.2) is 48.5 Å². The zero-order chi connectivity index (χ0) is 21.3. The maximum atomic E-state index is 13.1. The number of aromatic nitrogens is 4. The van der Waals surface area contributed by atoms with Crippen LogP contribution in [0, 0.1) is 19.7 Å². The highest BCUT2D eigenvalue weighted by Gasteiger charge is 2.19. The number of hydrogen-bond donors (Lipinski definition) is 1. The van der Waals surface area contributed by atoms with E-state index in [1.807, 2.05) is 13.0 Å². The lowest BCUT2D eigenvalue weighted by Crippen LogP contribution is -2.14. The second-order valence-electron chi connectivity index (χ2n) is 6.70. The van der Waals surface area contributed by atoms with Gasteiger partial charge in [-0.25, -0.2) is 14.1 Å². The third-order valence-corrected chi connectivity index (χ3v) is 5.86. The molecule has 152 valence electrons. The van der Waals surface area contributed by atoms with Crippen molar-refractivity contribution in [2.24, 2.45) is 0 Å². The van der Waals surface area contributed by atoms with E-state index in [9.17, 15) is 9.18 Å². The first-order valence-electron chi connectivity index (χ1n) is 9.11. The summed E-state index contributed by atoms with van der Waals surface area (Å²) < 4.78 is 14.7. The second-order valence-corrected chi connectivity index (χ2v) is 8.22. The van der Waals surface area contributed by atoms with Crippen molar-refractivity contribution in [3.63, 3.8) is 0 Å². The predicted octanol–water partition coefficient (Wildman–Crippen LogP) is 4.98. The Labute approximate surface area is 181 Å². The third-order valence-electron chi connectivity index (χ3n) is 4.55. The molecule has 6 nitrogen and oxygen atoms in total. The molecule has 0 radical (unpaired) electrons. The summed E-state index contributed by atoms with van der Waals surface area (Å²) in [5.74, 6) is -0.656. The first-order valence-corrected chi connectivity index (χ1v) is 10.3. The predicted molar refractivity (Wildman–Crippen MR) is 115 cm³/mol. The molecule has 2 heterocycles. The number of thiazole rings is 1. The van der Waals surface area contributed by atoms with E-state index in [-0.39, 0.29) is 17.4 Å². The Morgan fingerprint density at radius 1 is 1.20 bits per heavy atom. The Morgan fingerprint density at radius 3 is 2.70 bits per heavy atom. The van der Waals surface area contributed by atoms with Gasteiger partial charge in [0.25, 0.3) is 5.91 Å². The van der Waals surface area contributed by atoms with Gasteiger partial charge >= 0.3 is 0 Å². The molecule has 2 aromatic heterocycles. The van der Waals surface area contributed by atoms with Crippen molar-refractivity contribution >= 4 is 34.0 Å². The first kappa shape index (κ1) is 20.2. The van der Waals surface area contributed by atoms with Gasteiger partial charge in [-0.2, -0.15) is 0 Å². The van der Waals surface area contributed by atoms with Crippen LogP contribution < -0.4 is 5.32 Å². The Morgan fingerprint density at radius 2 is 1.97 bits per heavy atom. The van der Waals surface area contributed by atoms with E-state index in [4.69, 9.17) is 11.6 Å². The summed E-state index contributed by atoms with van der Waals surface area (Å²) in [6, 6.07) is 13.5. The van der Waals surface area contributed by atoms with Crippen LogP contribution in [0.5, 0.6) is 0 Å². The number of carbonyl (C=O) groups is 1. The molecule has 0 aliphatic rings. The average Bonchev–Trinajstić information content (AvgIpc) is 3.26. The van der Waals surface area contributed by atoms with Crippen molar-refractivity contribution in [2.45, 2.75) is 20.3 Å². The summed E-state index contributed by atoms with van der Waals surface area (Å²) in [6.45, 7) is 3.65. The van der Waals surface area contributed by atoms with Crippen LogP contribution in [0.2, 0.25) is 5.02 Å². The molecule has 0 spiro atoms. The normalized spacial score (nSPS) is 10.9. The number of anilines is 1. The van der Waals surface area contributed by atoms with E-state index < -0.39 is 0 Å². The molecule has 0 unspecified atom stereocenters. The van der Waals surface area contributed by atoms with Crippen molar-refractivity contribution in [1.29, 1.82) is 0 Å². The molecule has 4 aromatic rings. The van der Waals surface area contributed by atoms with Crippen LogP contribution >= 0.6 is 22.9 Å². The minimum Gasteiger partial charge on any atom is -0.296 e. The third kappa shape index (κ3) is 4.24. The lowest BCUT2D eigenvalue weighted by molar-refractivity contribution is 0.102. The zero-order valence-electron chi connectivity index (χ0n) is 16.2. The Hall–Kier alpha value is -3.10. The van der Waals surface area contributed by atoms with Crippen molar-refractivity contribution in [3.8, 4) is 5.69 Å². The van der Waals surface area contributed by atoms with E-state index in [0.717, 1.165) is 21.8 Å². The summed E-state index contributed by atoms with van der Waals surface area (Å²) >= 11 is 7.42. The van der Waals surface area contributed by atoms with E-state index in [0.29, 0.717) is 22.3 Å². The van der Waals surface area contributed by atoms with E-state index in [1.165, 1.54) is 23.5 Å². The molecule has 4 rings (SSSR count). The highest BCUT2D eigenvalue weighted by Crippen LogP contribution is 2.26. The SMILES string of the molecule is Cc1nc(NC(=O)c2nnn(-c3cccc(Cl)c3)c2C)sc1Cc1ccc(F)cc1. The molecule has 1 N–H and O–H groups in total. The summed E-state index contributed by atoms with van der Waals surface area (Å²) in [5.41, 5.74) is 3.32. The van der Waals surface area contributed by atoms with Gasteiger partial charge in [0, 0.05) is 16.3 Å². The van der Waals surface area contributed by atoms with Gasteiger partial charge in [0.05, 0.1) is 17.1 Å². The molecule has 30 heavy (non-hydrogen) atoms. The van der Waals surface area contributed by atoms with Gasteiger partial charge in [0.1, 0.15) is 5.82 Å². The van der Waals surface area contributed by atoms with Gasteiger partial charge in [0.2, 0.25) is 0 Å². The monoisotopic (exact) mass is 441 g/mol. The molecule has 0 aliphatic heterocycles. The Bertz CT molecular complexity index is 1220. The van der Waals surface area contributed by atoms with E-state index in [1.54, 1.807) is 41.9 Å². The summed E-state index contributed by atoms with van der Waals surface area (Å²) in [4.78, 5) is 18.2. The van der Waals surface area contributed by atoms with Crippen LogP contribution in [0.25, 0.3) is 5.69 Å². The lowest BCUT2D eigenvalue weighted by atomic mass is 10.1. The van der Waals surface area contributed by atoms with Crippen molar-refractivity contribution in [3.05, 3.63) is 86.9 Å². The smallest absolute Gasteiger partial charge is 0.279 e. The number of hydrogen-bond acceptors (Lipinski definition) is 5. The molecule has 0 saturated heterocycles. The number of aryl methyl sites for hydroxylation is 1. The number of amides is 1. The van der Waals surface area contributed by atoms with Gasteiger partial charge in [-0.15, -0.1) is 16.4 Å². The Kier molecular flexibility index (Phi) is 5.61. The molecule has 9 heteroatoms. The fraction of sp³-hybridized carbons (Fsp3) is 0.143. The summed E-state index contributed by atoms with van der Waals surface area (Å²) in [6.07, 6.45) is 0.615. The van der Waals surface area contributed by atoms with Crippen LogP contribution in [0.1, 0.15) is 32.3 Å². The van der Waals surface area contributed by atoms with Crippen molar-refractivity contribution < 1.29 is 9.18 Å². The quantitative estimate of drug-likeness (QED) is 0.474. The molecular weight excluding hydrogens is 425 g/mol. The Balaban J connectivity index is 1.51.